The molecular weight excluding hydrogens is 1770 g/mol. The Labute approximate surface area is 857 Å². The van der Waals surface area contributed by atoms with Gasteiger partial charge in [0.05, 0.1) is 30.5 Å². The number of pyridine rings is 2. The highest BCUT2D eigenvalue weighted by Gasteiger charge is 2.25. The van der Waals surface area contributed by atoms with Crippen LogP contribution in [0.4, 0.5) is 23.1 Å². The maximum absolute atomic E-state index is 12.5. The number of rotatable bonds is 17. The van der Waals surface area contributed by atoms with Gasteiger partial charge in [-0.1, -0.05) is 367 Å². The van der Waals surface area contributed by atoms with Crippen molar-refractivity contribution in [1.82, 2.24) is 56.9 Å². The molecule has 0 unspecified atom stereocenters. The van der Waals surface area contributed by atoms with Gasteiger partial charge in [0.2, 0.25) is 5.95 Å². The Morgan fingerprint density at radius 1 is 0.336 bits per heavy atom. The van der Waals surface area contributed by atoms with Crippen molar-refractivity contribution in [1.29, 1.82) is 0 Å². The molecule has 0 fully saturated rings. The molecule has 0 spiro atoms. The van der Waals surface area contributed by atoms with Crippen molar-refractivity contribution < 1.29 is 0 Å². The fraction of sp³-hybridized carbons (Fsp3) is 0.410. The van der Waals surface area contributed by atoms with Crippen molar-refractivity contribution in [2.45, 2.75) is 300 Å². The van der Waals surface area contributed by atoms with Crippen LogP contribution in [0.2, 0.25) is 0 Å². The number of anilines is 4. The Morgan fingerprint density at radius 2 is 0.734 bits per heavy atom. The van der Waals surface area contributed by atoms with E-state index in [9.17, 15) is 33.6 Å². The molecule has 0 amide bonds. The summed E-state index contributed by atoms with van der Waals surface area (Å²) in [5, 5.41) is 0. The summed E-state index contributed by atoms with van der Waals surface area (Å²) in [7, 11) is 9.24. The van der Waals surface area contributed by atoms with Gasteiger partial charge in [-0.15, -0.1) is 0 Å². The van der Waals surface area contributed by atoms with Gasteiger partial charge < -0.3 is 18.9 Å². The molecule has 14 rings (SSSR count). The van der Waals surface area contributed by atoms with E-state index in [2.05, 4.69) is 76.0 Å². The summed E-state index contributed by atoms with van der Waals surface area (Å²) in [6.07, 6.45) is 14.8. The van der Waals surface area contributed by atoms with Crippen LogP contribution in [0.1, 0.15) is 318 Å². The summed E-state index contributed by atoms with van der Waals surface area (Å²) in [4.78, 5) is 111. The first-order valence-corrected chi connectivity index (χ1v) is 50.9. The van der Waals surface area contributed by atoms with Gasteiger partial charge in [-0.2, -0.15) is 0 Å². The highest BCUT2D eigenvalue weighted by molar-refractivity contribution is 5.61. The first-order chi connectivity index (χ1) is 67.9. The molecular formula is C122H174N14O7. The predicted octanol–water partition coefficient (Wildman–Crippen LogP) is 26.9. The number of hydrogen-bond donors (Lipinski definition) is 0. The summed E-state index contributed by atoms with van der Waals surface area (Å²) in [5.74, 6) is 2.35. The van der Waals surface area contributed by atoms with E-state index in [0.717, 1.165) is 80.4 Å². The SMILES string of the molecule is CC.CC.CC.CC.CC.CC.CC.CC(C)(C)c1cncn(Cc2ccccc2)c1=O.CC(C)(C)n1ccc(Cc2ccccc2)cc1=O.CC(C)c1cnc(Cc2ccccc2)n(C)c1=O.CC(C)n1cnc(Cc2ccccc2)cc1=O.CN(c1ccccc1)c1ncc(C(C)(C)C)c(=O)n1C.Cc1c(N(C)c2ccccc2)ncn(C(C)C)c1=O.Cn1c(Cc2ccccc2)ccc(C(C)(C)C)c1=O. The molecule has 21 nitrogen and oxygen atoms in total. The van der Waals surface area contributed by atoms with Crippen LogP contribution in [-0.2, 0) is 75.2 Å². The van der Waals surface area contributed by atoms with Crippen molar-refractivity contribution in [2.75, 3.05) is 23.9 Å². The zero-order chi connectivity index (χ0) is 109. The van der Waals surface area contributed by atoms with E-state index < -0.39 is 0 Å². The molecule has 0 aliphatic carbocycles. The molecule has 0 radical (unpaired) electrons. The molecule has 0 bridgehead atoms. The molecule has 7 aromatic carbocycles. The van der Waals surface area contributed by atoms with Crippen LogP contribution in [0.15, 0.2) is 320 Å². The van der Waals surface area contributed by atoms with E-state index in [1.54, 1.807) is 95.8 Å². The zero-order valence-corrected chi connectivity index (χ0v) is 94.0. The van der Waals surface area contributed by atoms with Crippen molar-refractivity contribution in [3.63, 3.8) is 0 Å². The topological polar surface area (TPSA) is 225 Å². The Hall–Kier alpha value is -13.6. The normalized spacial score (nSPS) is 10.4. The average Bonchev–Trinajstić information content (AvgIpc) is 0.789. The standard InChI is InChI=1S/C17H21NO.C16H21N3O.C16H19NO.C15H19N3O.2C15H18N2O.C14H16N2O.7C2H6/c1-17(2,3)15-11-10-14(18(4)16(15)19)12-13-8-6-5-7-9-13;1-16(2,3)13-11-17-15(19(5)14(13)20)18(4)12-9-7-6-8-10-12;1-16(2,3)17-10-9-14(12-15(17)18)11-13-7-5-4-6-8-13;1-11(2)18-10-16-14(12(3)15(18)19)17(4)13-8-6-5-7-9-13;1-15(2,3)13-9-16-11-17(14(13)18)10-12-7-5-4-6-8-12;1-11(2)13-10-16-14(17(3)15(13)18)9-12-7-5-4-6-8-12;1-11(2)16-10-15-13(9-14(16)17)8-12-6-4-3-5-7-12;7*1-2/h5-11H,12H2,1-4H3;6-11H,1-5H3;4-10,12H,11H2,1-3H3;5-11H,1-4H3;4-9,11H,10H2,1-3H3;4-8,10-11H,9H2,1-3H3;3-7,9-11H,8H2,1-2H3;7*1-2H3. The summed E-state index contributed by atoms with van der Waals surface area (Å²) >= 11 is 0. The summed E-state index contributed by atoms with van der Waals surface area (Å²) < 4.78 is 11.7. The van der Waals surface area contributed by atoms with E-state index in [4.69, 9.17) is 0 Å². The highest BCUT2D eigenvalue weighted by Crippen LogP contribution is 2.27. The zero-order valence-electron chi connectivity index (χ0n) is 94.0. The smallest absolute Gasteiger partial charge is 0.258 e. The number of nitrogens with zero attached hydrogens (tertiary/aromatic N) is 14. The summed E-state index contributed by atoms with van der Waals surface area (Å²) in [6.45, 7) is 66.7. The molecule has 14 aromatic rings. The lowest BCUT2D eigenvalue weighted by atomic mass is 9.87. The van der Waals surface area contributed by atoms with E-state index >= 15 is 0 Å². The van der Waals surface area contributed by atoms with Crippen LogP contribution in [-0.4, -0.2) is 71.0 Å². The van der Waals surface area contributed by atoms with Gasteiger partial charge in [0.15, 0.2) is 0 Å². The maximum Gasteiger partial charge on any atom is 0.258 e. The van der Waals surface area contributed by atoms with Gasteiger partial charge in [0, 0.05) is 148 Å². The van der Waals surface area contributed by atoms with E-state index in [0.29, 0.717) is 36.7 Å². The van der Waals surface area contributed by atoms with Gasteiger partial charge >= 0.3 is 0 Å². The third-order valence-corrected chi connectivity index (χ3v) is 21.7. The lowest BCUT2D eigenvalue weighted by Crippen LogP contribution is -2.33. The first kappa shape index (κ1) is 127. The minimum absolute atomic E-state index is 0.00489. The Kier molecular flexibility index (Phi) is 58.4. The lowest BCUT2D eigenvalue weighted by Gasteiger charge is -2.23. The highest BCUT2D eigenvalue weighted by atomic mass is 16.2. The molecule has 0 aliphatic heterocycles. The van der Waals surface area contributed by atoms with Crippen LogP contribution in [0.25, 0.3) is 0 Å². The Morgan fingerprint density at radius 3 is 1.15 bits per heavy atom. The fourth-order valence-corrected chi connectivity index (χ4v) is 13.9. The number of benzene rings is 7. The van der Waals surface area contributed by atoms with Crippen molar-refractivity contribution >= 4 is 23.1 Å². The molecule has 143 heavy (non-hydrogen) atoms. The Bertz CT molecular complexity index is 6360. The largest absolute Gasteiger partial charge is 0.329 e. The number of hydrogen-bond acceptors (Lipinski definition) is 14. The molecule has 0 aliphatic rings. The third kappa shape index (κ3) is 41.5. The van der Waals surface area contributed by atoms with E-state index in [1.165, 1.54) is 16.7 Å². The predicted molar refractivity (Wildman–Crippen MR) is 609 cm³/mol. The molecule has 0 N–H and O–H groups in total. The molecule has 0 atom stereocenters. The molecule has 0 saturated carbocycles. The van der Waals surface area contributed by atoms with Gasteiger partial charge in [-0.05, 0) is 154 Å². The molecule has 7 heterocycles. The van der Waals surface area contributed by atoms with Crippen LogP contribution in [0.3, 0.4) is 0 Å². The van der Waals surface area contributed by atoms with Gasteiger partial charge in [0.1, 0.15) is 18.0 Å². The Balaban J connectivity index is 0.000000816. The van der Waals surface area contributed by atoms with Gasteiger partial charge in [-0.25, -0.2) is 24.9 Å². The molecule has 7 aromatic heterocycles. The fourth-order valence-electron chi connectivity index (χ4n) is 13.9. The van der Waals surface area contributed by atoms with E-state index in [1.807, 2.05) is 445 Å². The van der Waals surface area contributed by atoms with Crippen LogP contribution in [0.5, 0.6) is 0 Å². The van der Waals surface area contributed by atoms with Crippen molar-refractivity contribution in [3.8, 4) is 0 Å². The average molecular weight is 1950 g/mol. The van der Waals surface area contributed by atoms with Gasteiger partial charge in [0.25, 0.3) is 38.9 Å². The maximum atomic E-state index is 12.5. The second-order valence-electron chi connectivity index (χ2n) is 37.1. The second-order valence-corrected chi connectivity index (χ2v) is 37.1. The number of aromatic nitrogens is 12. The van der Waals surface area contributed by atoms with Crippen molar-refractivity contribution in [2.24, 2.45) is 21.1 Å². The lowest BCUT2D eigenvalue weighted by molar-refractivity contribution is 0.383. The monoisotopic (exact) mass is 1950 g/mol. The van der Waals surface area contributed by atoms with Crippen LogP contribution < -0.4 is 48.7 Å². The minimum atomic E-state index is -0.203. The minimum Gasteiger partial charge on any atom is -0.329 e. The molecule has 21 heteroatoms. The quantitative estimate of drug-likeness (QED) is 0.0827. The van der Waals surface area contributed by atoms with Gasteiger partial charge in [-0.3, -0.25) is 56.4 Å². The summed E-state index contributed by atoms with van der Waals surface area (Å²) in [5.41, 5.74) is 14.3. The van der Waals surface area contributed by atoms with Crippen molar-refractivity contribution in [3.05, 3.63) is 437 Å². The summed E-state index contributed by atoms with van der Waals surface area (Å²) in [6, 6.07) is 79.9. The van der Waals surface area contributed by atoms with E-state index in [-0.39, 0.29) is 78.7 Å². The first-order valence-electron chi connectivity index (χ1n) is 50.9. The third-order valence-electron chi connectivity index (χ3n) is 21.7. The van der Waals surface area contributed by atoms with Crippen LogP contribution >= 0.6 is 0 Å². The second kappa shape index (κ2) is 65.5. The molecule has 774 valence electrons. The van der Waals surface area contributed by atoms with Crippen LogP contribution in [0, 0.1) is 6.92 Å². The number of para-hydroxylation sites is 2. The molecule has 0 saturated heterocycles.